The number of hydrogen-bond donors (Lipinski definition) is 1. The maximum atomic E-state index is 9.81. The average Bonchev–Trinajstić information content (AvgIpc) is 1.97. The molecule has 0 spiro atoms. The summed E-state index contributed by atoms with van der Waals surface area (Å²) < 4.78 is 0. The first-order valence-corrected chi connectivity index (χ1v) is 3.39. The van der Waals surface area contributed by atoms with Crippen LogP contribution in [0.25, 0.3) is 0 Å². The largest absolute Gasteiger partial charge is 0.380 e. The Balaban J connectivity index is 3.36. The van der Waals surface area contributed by atoms with E-state index < -0.39 is 4.92 Å². The molecule has 5 heteroatoms. The second-order valence-electron chi connectivity index (χ2n) is 2.08. The van der Waals surface area contributed by atoms with E-state index in [1.54, 1.807) is 12.4 Å². The third kappa shape index (κ3) is 6.63. The van der Waals surface area contributed by atoms with Crippen LogP contribution in [0.4, 0.5) is 0 Å². The molecule has 11 heavy (non-hydrogen) atoms. The fourth-order valence-electron chi connectivity index (χ4n) is 0.413. The minimum absolute atomic E-state index is 0.228. The molecule has 0 atom stereocenters. The molecule has 0 saturated carbocycles. The zero-order valence-corrected chi connectivity index (χ0v) is 6.78. The molecule has 0 saturated heterocycles. The third-order valence-corrected chi connectivity index (χ3v) is 1.17. The van der Waals surface area contributed by atoms with Gasteiger partial charge in [-0.05, 0) is 6.92 Å². The van der Waals surface area contributed by atoms with Crippen LogP contribution < -0.4 is 5.32 Å². The maximum Gasteiger partial charge on any atom is 0.275 e. The summed E-state index contributed by atoms with van der Waals surface area (Å²) in [5.74, 6) is 0. The smallest absolute Gasteiger partial charge is 0.275 e. The number of nitrogens with one attached hydrogen (secondary N) is 1. The van der Waals surface area contributed by atoms with Crippen molar-refractivity contribution in [3.63, 3.8) is 0 Å². The highest BCUT2D eigenvalue weighted by molar-refractivity contribution is 4.76. The molecule has 0 radical (unpaired) electrons. The van der Waals surface area contributed by atoms with Gasteiger partial charge in [-0.2, -0.15) is 0 Å². The maximum absolute atomic E-state index is 9.81. The first-order chi connectivity index (χ1) is 5.16. The van der Waals surface area contributed by atoms with Crippen LogP contribution in [-0.4, -0.2) is 30.1 Å². The average molecular weight is 159 g/mol. The van der Waals surface area contributed by atoms with Crippen molar-refractivity contribution in [3.8, 4) is 0 Å². The molecule has 0 fully saturated rings. The molecule has 0 rings (SSSR count). The molecule has 0 aliphatic heterocycles. The topological polar surface area (TPSA) is 58.4 Å². The Morgan fingerprint density at radius 1 is 1.73 bits per heavy atom. The lowest BCUT2D eigenvalue weighted by Gasteiger charge is -2.08. The first kappa shape index (κ1) is 9.74. The highest BCUT2D eigenvalue weighted by Crippen LogP contribution is 1.79. The van der Waals surface area contributed by atoms with Gasteiger partial charge in [0, 0.05) is 30.9 Å². The van der Waals surface area contributed by atoms with Crippen molar-refractivity contribution < 1.29 is 4.92 Å². The Kier molecular flexibility index (Phi) is 4.89. The molecule has 64 valence electrons. The molecule has 0 aromatic carbocycles. The van der Waals surface area contributed by atoms with E-state index in [9.17, 15) is 10.1 Å². The van der Waals surface area contributed by atoms with Crippen molar-refractivity contribution in [1.29, 1.82) is 0 Å². The highest BCUT2D eigenvalue weighted by atomic mass is 16.6. The summed E-state index contributed by atoms with van der Waals surface area (Å²) in [6.45, 7) is 2.66. The van der Waals surface area contributed by atoms with E-state index in [4.69, 9.17) is 0 Å². The molecule has 0 bridgehead atoms. The van der Waals surface area contributed by atoms with E-state index in [2.05, 4.69) is 5.32 Å². The second-order valence-corrected chi connectivity index (χ2v) is 2.08. The van der Waals surface area contributed by atoms with Crippen LogP contribution in [-0.2, 0) is 0 Å². The zero-order chi connectivity index (χ0) is 8.69. The summed E-state index contributed by atoms with van der Waals surface area (Å²) >= 11 is 0. The minimum Gasteiger partial charge on any atom is -0.380 e. The van der Waals surface area contributed by atoms with Crippen LogP contribution in [0.15, 0.2) is 12.4 Å². The van der Waals surface area contributed by atoms with Crippen LogP contribution in [0, 0.1) is 10.1 Å². The summed E-state index contributed by atoms with van der Waals surface area (Å²) in [6.07, 6.45) is 3.32. The van der Waals surface area contributed by atoms with Gasteiger partial charge in [0.2, 0.25) is 0 Å². The van der Waals surface area contributed by atoms with Crippen molar-refractivity contribution >= 4 is 0 Å². The van der Waals surface area contributed by atoms with Crippen molar-refractivity contribution in [2.75, 3.05) is 20.3 Å². The number of hydrogen-bond acceptors (Lipinski definition) is 4. The van der Waals surface area contributed by atoms with E-state index in [0.29, 0.717) is 0 Å². The Hall–Kier alpha value is -1.26. The molecule has 5 nitrogen and oxygen atoms in total. The lowest BCUT2D eigenvalue weighted by Crippen LogP contribution is -2.17. The van der Waals surface area contributed by atoms with Crippen LogP contribution >= 0.6 is 0 Å². The summed E-state index contributed by atoms with van der Waals surface area (Å²) in [6, 6.07) is 0. The molecule has 1 N–H and O–H groups in total. The first-order valence-electron chi connectivity index (χ1n) is 3.39. The van der Waals surface area contributed by atoms with Gasteiger partial charge in [-0.25, -0.2) is 0 Å². The minimum atomic E-state index is -0.420. The molecule has 0 aliphatic rings. The monoisotopic (exact) mass is 159 g/mol. The Morgan fingerprint density at radius 2 is 2.36 bits per heavy atom. The van der Waals surface area contributed by atoms with Gasteiger partial charge >= 0.3 is 0 Å². The van der Waals surface area contributed by atoms with E-state index in [0.717, 1.165) is 6.54 Å². The molecule has 0 aromatic heterocycles. The Labute approximate surface area is 65.8 Å². The Morgan fingerprint density at radius 3 is 2.82 bits per heavy atom. The number of nitro groups is 1. The molecule has 0 heterocycles. The van der Waals surface area contributed by atoms with E-state index in [-0.39, 0.29) is 6.67 Å². The van der Waals surface area contributed by atoms with E-state index >= 15 is 0 Å². The summed E-state index contributed by atoms with van der Waals surface area (Å²) in [7, 11) is 1.89. The van der Waals surface area contributed by atoms with Crippen LogP contribution in [0.5, 0.6) is 0 Å². The highest BCUT2D eigenvalue weighted by Gasteiger charge is 1.88. The summed E-state index contributed by atoms with van der Waals surface area (Å²) in [5.41, 5.74) is 0. The van der Waals surface area contributed by atoms with Crippen LogP contribution in [0.2, 0.25) is 0 Å². The molecule has 0 unspecified atom stereocenters. The van der Waals surface area contributed by atoms with Gasteiger partial charge in [-0.15, -0.1) is 0 Å². The molecular formula is C6H13N3O2. The predicted octanol–water partition coefficient (Wildman–Crippen LogP) is 0.233. The SMILES string of the molecule is CCN(C)/C=C\NC[N+](=O)[O-]. The number of rotatable bonds is 5. The molecule has 0 aromatic rings. The van der Waals surface area contributed by atoms with Gasteiger partial charge in [-0.1, -0.05) is 0 Å². The standard InChI is InChI=1S/C6H13N3O2/c1-3-8(2)5-4-7-6-9(10)11/h4-5,7H,3,6H2,1-2H3/b5-4-. The summed E-state index contributed by atoms with van der Waals surface area (Å²) in [5, 5.41) is 12.3. The normalized spacial score (nSPS) is 10.0. The van der Waals surface area contributed by atoms with Gasteiger partial charge in [-0.3, -0.25) is 10.1 Å². The second kappa shape index (κ2) is 5.52. The van der Waals surface area contributed by atoms with E-state index in [1.165, 1.54) is 0 Å². The molecule has 0 amide bonds. The van der Waals surface area contributed by atoms with Crippen molar-refractivity contribution in [2.24, 2.45) is 0 Å². The lowest BCUT2D eigenvalue weighted by molar-refractivity contribution is -0.483. The summed E-state index contributed by atoms with van der Waals surface area (Å²) in [4.78, 5) is 11.3. The zero-order valence-electron chi connectivity index (χ0n) is 6.78. The number of nitrogens with zero attached hydrogens (tertiary/aromatic N) is 2. The van der Waals surface area contributed by atoms with Gasteiger partial charge in [0.1, 0.15) is 0 Å². The van der Waals surface area contributed by atoms with Gasteiger partial charge in [0.25, 0.3) is 6.67 Å². The van der Waals surface area contributed by atoms with Gasteiger partial charge in [0.15, 0.2) is 0 Å². The predicted molar refractivity (Wildman–Crippen MR) is 42.4 cm³/mol. The molecule has 0 aliphatic carbocycles. The van der Waals surface area contributed by atoms with Crippen molar-refractivity contribution in [2.45, 2.75) is 6.92 Å². The fourth-order valence-corrected chi connectivity index (χ4v) is 0.413. The lowest BCUT2D eigenvalue weighted by atomic mass is 10.6. The van der Waals surface area contributed by atoms with Crippen molar-refractivity contribution in [3.05, 3.63) is 22.5 Å². The van der Waals surface area contributed by atoms with Crippen LogP contribution in [0.3, 0.4) is 0 Å². The van der Waals surface area contributed by atoms with Crippen LogP contribution in [0.1, 0.15) is 6.92 Å². The van der Waals surface area contributed by atoms with Gasteiger partial charge < -0.3 is 10.2 Å². The van der Waals surface area contributed by atoms with Crippen molar-refractivity contribution in [1.82, 2.24) is 10.2 Å². The van der Waals surface area contributed by atoms with E-state index in [1.807, 2.05) is 18.9 Å². The quantitative estimate of drug-likeness (QED) is 0.354. The van der Waals surface area contributed by atoms with Gasteiger partial charge in [0.05, 0.1) is 0 Å². The third-order valence-electron chi connectivity index (χ3n) is 1.17. The molecular weight excluding hydrogens is 146 g/mol. The fraction of sp³-hybridized carbons (Fsp3) is 0.667. The Bertz CT molecular complexity index is 147.